The lowest BCUT2D eigenvalue weighted by Gasteiger charge is -2.24. The number of carbonyl (C=O) groups is 1. The van der Waals surface area contributed by atoms with Crippen LogP contribution in [-0.2, 0) is 13.1 Å². The molecule has 0 aliphatic carbocycles. The first-order valence-electron chi connectivity index (χ1n) is 8.77. The van der Waals surface area contributed by atoms with Crippen molar-refractivity contribution in [1.29, 1.82) is 0 Å². The van der Waals surface area contributed by atoms with Crippen LogP contribution < -0.4 is 10.2 Å². The van der Waals surface area contributed by atoms with Crippen molar-refractivity contribution in [2.24, 2.45) is 0 Å². The van der Waals surface area contributed by atoms with Crippen LogP contribution in [-0.4, -0.2) is 19.0 Å². The lowest BCUT2D eigenvalue weighted by Crippen LogP contribution is -3.11. The van der Waals surface area contributed by atoms with Gasteiger partial charge in [0.25, 0.3) is 5.91 Å². The maximum Gasteiger partial charge on any atom is 0.254 e. The Hall–Kier alpha value is -1.91. The normalized spacial score (nSPS) is 15.1. The van der Waals surface area contributed by atoms with Gasteiger partial charge in [0.05, 0.1) is 18.7 Å². The number of amides is 1. The van der Waals surface area contributed by atoms with E-state index in [1.54, 1.807) is 4.90 Å². The zero-order chi connectivity index (χ0) is 17.6. The highest BCUT2D eigenvalue weighted by atomic mass is 35.5. The van der Waals surface area contributed by atoms with E-state index in [-0.39, 0.29) is 5.56 Å². The summed E-state index contributed by atoms with van der Waals surface area (Å²) in [6, 6.07) is 12.1. The Bertz CT molecular complexity index is 744. The number of nitrogens with one attached hydrogen (secondary N) is 2. The summed E-state index contributed by atoms with van der Waals surface area (Å²) in [6.07, 6.45) is 3.89. The number of quaternary nitrogens is 1. The summed E-state index contributed by atoms with van der Waals surface area (Å²) in [5, 5.41) is 3.16. The molecule has 1 fully saturated rings. The average Bonchev–Trinajstić information content (AvgIpc) is 2.63. The molecule has 1 saturated heterocycles. The molecule has 3 nitrogen and oxygen atoms in total. The smallest absolute Gasteiger partial charge is 0.254 e. The number of hydrogen-bond acceptors (Lipinski definition) is 1. The summed E-state index contributed by atoms with van der Waals surface area (Å²) in [6.45, 7) is 3.76. The van der Waals surface area contributed by atoms with Gasteiger partial charge in [0, 0.05) is 17.1 Å². The van der Waals surface area contributed by atoms with Crippen LogP contribution in [0.25, 0.3) is 0 Å². The first-order valence-corrected chi connectivity index (χ1v) is 9.15. The molecule has 5 heteroatoms. The number of likely N-dealkylation sites (tertiary alicyclic amines) is 1. The summed E-state index contributed by atoms with van der Waals surface area (Å²) in [5.74, 6) is -1.01. The largest absolute Gasteiger partial charge is 0.348 e. The second-order valence-electron chi connectivity index (χ2n) is 6.56. The van der Waals surface area contributed by atoms with Crippen LogP contribution in [0.5, 0.6) is 0 Å². The number of piperidine rings is 1. The monoisotopic (exact) mass is 361 g/mol. The number of carbonyl (C=O) groups excluding carboxylic acids is 1. The second kappa shape index (κ2) is 8.45. The fourth-order valence-electron chi connectivity index (χ4n) is 3.34. The number of hydrogen-bond donors (Lipinski definition) is 2. The molecule has 0 bridgehead atoms. The van der Waals surface area contributed by atoms with Crippen molar-refractivity contribution in [3.05, 3.63) is 70.0 Å². The predicted molar refractivity (Wildman–Crippen MR) is 97.3 cm³/mol. The van der Waals surface area contributed by atoms with Crippen molar-refractivity contribution < 1.29 is 14.1 Å². The summed E-state index contributed by atoms with van der Waals surface area (Å²) < 4.78 is 13.8. The lowest BCUT2D eigenvalue weighted by molar-refractivity contribution is -0.918. The first-order chi connectivity index (χ1) is 12.1. The quantitative estimate of drug-likeness (QED) is 0.843. The van der Waals surface area contributed by atoms with Gasteiger partial charge in [0.2, 0.25) is 0 Å². The van der Waals surface area contributed by atoms with Gasteiger partial charge in [0.1, 0.15) is 12.4 Å². The van der Waals surface area contributed by atoms with E-state index < -0.39 is 11.7 Å². The third kappa shape index (κ3) is 4.80. The SMILES string of the molecule is O=C(NCc1ccccc1C[NH+]1CCCCC1)c1cc(Cl)ccc1F. The molecule has 1 aliphatic rings. The van der Waals surface area contributed by atoms with Crippen molar-refractivity contribution >= 4 is 17.5 Å². The van der Waals surface area contributed by atoms with Crippen LogP contribution in [0.4, 0.5) is 4.39 Å². The number of benzene rings is 2. The fourth-order valence-corrected chi connectivity index (χ4v) is 3.51. The van der Waals surface area contributed by atoms with Crippen molar-refractivity contribution in [2.45, 2.75) is 32.4 Å². The van der Waals surface area contributed by atoms with Crippen LogP contribution in [0, 0.1) is 5.82 Å². The third-order valence-corrected chi connectivity index (χ3v) is 4.97. The molecule has 1 aliphatic heterocycles. The maximum atomic E-state index is 13.8. The van der Waals surface area contributed by atoms with E-state index in [1.165, 1.54) is 56.1 Å². The Labute approximate surface area is 152 Å². The number of rotatable bonds is 5. The van der Waals surface area contributed by atoms with Gasteiger partial charge in [-0.25, -0.2) is 4.39 Å². The van der Waals surface area contributed by atoms with E-state index in [9.17, 15) is 9.18 Å². The summed E-state index contributed by atoms with van der Waals surface area (Å²) in [7, 11) is 0. The van der Waals surface area contributed by atoms with Crippen LogP contribution in [0.15, 0.2) is 42.5 Å². The van der Waals surface area contributed by atoms with Crippen LogP contribution >= 0.6 is 11.6 Å². The molecule has 25 heavy (non-hydrogen) atoms. The first kappa shape index (κ1) is 17.9. The highest BCUT2D eigenvalue weighted by Crippen LogP contribution is 2.15. The van der Waals surface area contributed by atoms with Gasteiger partial charge in [-0.15, -0.1) is 0 Å². The second-order valence-corrected chi connectivity index (χ2v) is 7.00. The molecule has 1 heterocycles. The zero-order valence-corrected chi connectivity index (χ0v) is 14.9. The van der Waals surface area contributed by atoms with E-state index in [0.29, 0.717) is 11.6 Å². The minimum atomic E-state index is -0.562. The third-order valence-electron chi connectivity index (χ3n) is 4.73. The fraction of sp³-hybridized carbons (Fsp3) is 0.350. The Kier molecular flexibility index (Phi) is 6.05. The summed E-state index contributed by atoms with van der Waals surface area (Å²) in [5.41, 5.74) is 2.30. The topological polar surface area (TPSA) is 33.5 Å². The molecule has 0 unspecified atom stereocenters. The lowest BCUT2D eigenvalue weighted by atomic mass is 10.0. The van der Waals surface area contributed by atoms with E-state index >= 15 is 0 Å². The van der Waals surface area contributed by atoms with Crippen molar-refractivity contribution in [3.63, 3.8) is 0 Å². The molecule has 132 valence electrons. The van der Waals surface area contributed by atoms with Gasteiger partial charge < -0.3 is 10.2 Å². The molecule has 0 radical (unpaired) electrons. The maximum absolute atomic E-state index is 13.8. The molecule has 0 atom stereocenters. The minimum Gasteiger partial charge on any atom is -0.348 e. The van der Waals surface area contributed by atoms with Gasteiger partial charge >= 0.3 is 0 Å². The molecule has 3 rings (SSSR count). The molecule has 2 aromatic carbocycles. The Balaban J connectivity index is 1.66. The van der Waals surface area contributed by atoms with Gasteiger partial charge in [-0.1, -0.05) is 35.9 Å². The molecule has 2 N–H and O–H groups in total. The van der Waals surface area contributed by atoms with Gasteiger partial charge in [0.15, 0.2) is 0 Å². The van der Waals surface area contributed by atoms with Gasteiger partial charge in [-0.2, -0.15) is 0 Å². The van der Waals surface area contributed by atoms with Crippen molar-refractivity contribution in [2.75, 3.05) is 13.1 Å². The van der Waals surface area contributed by atoms with E-state index in [2.05, 4.69) is 11.4 Å². The highest BCUT2D eigenvalue weighted by Gasteiger charge is 2.17. The molecule has 0 saturated carbocycles. The van der Waals surface area contributed by atoms with Crippen LogP contribution in [0.2, 0.25) is 5.02 Å². The van der Waals surface area contributed by atoms with E-state index in [1.807, 2.05) is 18.2 Å². The predicted octanol–water partition coefficient (Wildman–Crippen LogP) is 2.98. The minimum absolute atomic E-state index is 0.0216. The van der Waals surface area contributed by atoms with Crippen molar-refractivity contribution in [1.82, 2.24) is 5.32 Å². The molecule has 0 aromatic heterocycles. The van der Waals surface area contributed by atoms with Crippen LogP contribution in [0.1, 0.15) is 40.7 Å². The Morgan fingerprint density at radius 3 is 2.56 bits per heavy atom. The highest BCUT2D eigenvalue weighted by molar-refractivity contribution is 6.31. The average molecular weight is 362 g/mol. The van der Waals surface area contributed by atoms with E-state index in [4.69, 9.17) is 11.6 Å². The molecular weight excluding hydrogens is 339 g/mol. The summed E-state index contributed by atoms with van der Waals surface area (Å²) >= 11 is 5.86. The molecule has 2 aromatic rings. The Morgan fingerprint density at radius 1 is 1.08 bits per heavy atom. The van der Waals surface area contributed by atoms with Crippen LogP contribution in [0.3, 0.4) is 0 Å². The molecule has 1 amide bonds. The van der Waals surface area contributed by atoms with Gasteiger partial charge in [-0.3, -0.25) is 4.79 Å². The Morgan fingerprint density at radius 2 is 1.80 bits per heavy atom. The van der Waals surface area contributed by atoms with E-state index in [0.717, 1.165) is 12.1 Å². The van der Waals surface area contributed by atoms with Gasteiger partial charge in [-0.05, 0) is 43.0 Å². The summed E-state index contributed by atoms with van der Waals surface area (Å²) in [4.78, 5) is 13.9. The zero-order valence-electron chi connectivity index (χ0n) is 14.2. The number of halogens is 2. The standard InChI is InChI=1S/C20H22ClFN2O/c21-17-8-9-19(22)18(12-17)20(25)23-13-15-6-2-3-7-16(15)14-24-10-4-1-5-11-24/h2-3,6-9,12H,1,4-5,10-11,13-14H2,(H,23,25)/p+1. The molecular formula is C20H23ClFN2O+. The van der Waals surface area contributed by atoms with Crippen molar-refractivity contribution in [3.8, 4) is 0 Å². The molecule has 0 spiro atoms.